The number of nitrogens with zero attached hydrogens (tertiary/aromatic N) is 2. The van der Waals surface area contributed by atoms with Crippen molar-refractivity contribution in [3.63, 3.8) is 0 Å². The average molecular weight is 253 g/mol. The van der Waals surface area contributed by atoms with Crippen molar-refractivity contribution in [2.75, 3.05) is 30.4 Å². The molecule has 104 valence electrons. The SMILES string of the molecule is CC.CCN(CCC(C)O)c1ncccc1NC. The summed E-state index contributed by atoms with van der Waals surface area (Å²) in [5.74, 6) is 0.952. The van der Waals surface area contributed by atoms with Crippen LogP contribution in [0.3, 0.4) is 0 Å². The van der Waals surface area contributed by atoms with Crippen molar-refractivity contribution in [3.8, 4) is 0 Å². The van der Waals surface area contributed by atoms with Crippen LogP contribution in [-0.2, 0) is 0 Å². The standard InChI is InChI=1S/C12H21N3O.C2H6/c1-4-15(9-7-10(2)16)12-11(13-3)6-5-8-14-12;1-2/h5-6,8,10,13,16H,4,7,9H2,1-3H3;1-2H3. The first kappa shape index (κ1) is 16.7. The number of hydrogen-bond donors (Lipinski definition) is 2. The molecule has 1 unspecified atom stereocenters. The van der Waals surface area contributed by atoms with Gasteiger partial charge in [0.05, 0.1) is 11.8 Å². The van der Waals surface area contributed by atoms with E-state index >= 15 is 0 Å². The highest BCUT2D eigenvalue weighted by Crippen LogP contribution is 2.22. The molecule has 1 aromatic heterocycles. The molecular formula is C14H27N3O. The summed E-state index contributed by atoms with van der Waals surface area (Å²) in [5.41, 5.74) is 1.02. The van der Waals surface area contributed by atoms with Crippen molar-refractivity contribution < 1.29 is 5.11 Å². The van der Waals surface area contributed by atoms with Crippen molar-refractivity contribution >= 4 is 11.5 Å². The molecule has 0 aliphatic heterocycles. The number of nitrogens with one attached hydrogen (secondary N) is 1. The molecule has 0 saturated heterocycles. The molecule has 1 rings (SSSR count). The second kappa shape index (κ2) is 9.71. The minimum Gasteiger partial charge on any atom is -0.393 e. The third-order valence-electron chi connectivity index (χ3n) is 2.55. The quantitative estimate of drug-likeness (QED) is 0.818. The number of pyridine rings is 1. The molecule has 0 aliphatic rings. The summed E-state index contributed by atoms with van der Waals surface area (Å²) in [6.07, 6.45) is 2.28. The lowest BCUT2D eigenvalue weighted by molar-refractivity contribution is 0.186. The van der Waals surface area contributed by atoms with Crippen LogP contribution in [0.15, 0.2) is 18.3 Å². The molecule has 0 fully saturated rings. The Morgan fingerprint density at radius 1 is 1.44 bits per heavy atom. The number of hydrogen-bond acceptors (Lipinski definition) is 4. The van der Waals surface area contributed by atoms with Crippen LogP contribution in [0.2, 0.25) is 0 Å². The lowest BCUT2D eigenvalue weighted by atomic mass is 10.2. The van der Waals surface area contributed by atoms with Crippen molar-refractivity contribution in [2.45, 2.75) is 40.2 Å². The molecule has 0 aliphatic carbocycles. The molecule has 2 N–H and O–H groups in total. The van der Waals surface area contributed by atoms with Crippen LogP contribution in [-0.4, -0.2) is 36.3 Å². The Morgan fingerprint density at radius 2 is 2.11 bits per heavy atom. The first-order valence-electron chi connectivity index (χ1n) is 6.74. The Labute approximate surface area is 111 Å². The van der Waals surface area contributed by atoms with Crippen molar-refractivity contribution in [1.82, 2.24) is 4.98 Å². The lowest BCUT2D eigenvalue weighted by Crippen LogP contribution is -2.27. The topological polar surface area (TPSA) is 48.4 Å². The fourth-order valence-corrected chi connectivity index (χ4v) is 1.60. The Kier molecular flexibility index (Phi) is 9.01. The van der Waals surface area contributed by atoms with Gasteiger partial charge in [-0.3, -0.25) is 0 Å². The van der Waals surface area contributed by atoms with E-state index in [0.29, 0.717) is 0 Å². The smallest absolute Gasteiger partial charge is 0.151 e. The third-order valence-corrected chi connectivity index (χ3v) is 2.55. The van der Waals surface area contributed by atoms with E-state index in [0.717, 1.165) is 31.0 Å². The van der Waals surface area contributed by atoms with Crippen molar-refractivity contribution in [3.05, 3.63) is 18.3 Å². The number of aliphatic hydroxyl groups excluding tert-OH is 1. The van der Waals surface area contributed by atoms with Gasteiger partial charge in [0.2, 0.25) is 0 Å². The van der Waals surface area contributed by atoms with Gasteiger partial charge >= 0.3 is 0 Å². The maximum Gasteiger partial charge on any atom is 0.151 e. The van der Waals surface area contributed by atoms with E-state index in [1.807, 2.05) is 40.0 Å². The van der Waals surface area contributed by atoms with Crippen LogP contribution < -0.4 is 10.2 Å². The van der Waals surface area contributed by atoms with Gasteiger partial charge in [-0.15, -0.1) is 0 Å². The summed E-state index contributed by atoms with van der Waals surface area (Å²) in [4.78, 5) is 6.55. The van der Waals surface area contributed by atoms with Gasteiger partial charge in [-0.2, -0.15) is 0 Å². The molecule has 0 radical (unpaired) electrons. The van der Waals surface area contributed by atoms with Crippen LogP contribution in [0.1, 0.15) is 34.1 Å². The van der Waals surface area contributed by atoms with Gasteiger partial charge < -0.3 is 15.3 Å². The molecule has 0 bridgehead atoms. The van der Waals surface area contributed by atoms with Crippen molar-refractivity contribution in [1.29, 1.82) is 0 Å². The normalized spacial score (nSPS) is 11.2. The van der Waals surface area contributed by atoms with Crippen LogP contribution in [0.5, 0.6) is 0 Å². The molecule has 0 aromatic carbocycles. The Hall–Kier alpha value is -1.29. The molecule has 0 spiro atoms. The number of rotatable bonds is 6. The number of aromatic nitrogens is 1. The fraction of sp³-hybridized carbons (Fsp3) is 0.643. The minimum atomic E-state index is -0.268. The molecule has 0 amide bonds. The van der Waals surface area contributed by atoms with E-state index in [1.54, 1.807) is 6.20 Å². The molecular weight excluding hydrogens is 226 g/mol. The predicted octanol–water partition coefficient (Wildman–Crippen LogP) is 2.75. The zero-order valence-corrected chi connectivity index (χ0v) is 12.3. The second-order valence-electron chi connectivity index (χ2n) is 3.84. The van der Waals surface area contributed by atoms with E-state index in [9.17, 15) is 5.11 Å². The van der Waals surface area contributed by atoms with Crippen LogP contribution in [0.25, 0.3) is 0 Å². The van der Waals surface area contributed by atoms with E-state index in [-0.39, 0.29) is 6.10 Å². The summed E-state index contributed by atoms with van der Waals surface area (Å²) in [6, 6.07) is 3.92. The van der Waals surface area contributed by atoms with Gasteiger partial charge in [-0.05, 0) is 32.4 Å². The number of anilines is 2. The zero-order chi connectivity index (χ0) is 14.0. The Balaban J connectivity index is 0.00000137. The van der Waals surface area contributed by atoms with Gasteiger partial charge in [0.1, 0.15) is 0 Å². The van der Waals surface area contributed by atoms with Crippen LogP contribution >= 0.6 is 0 Å². The molecule has 4 nitrogen and oxygen atoms in total. The van der Waals surface area contributed by atoms with E-state index in [4.69, 9.17) is 0 Å². The molecule has 0 saturated carbocycles. The molecule has 1 aromatic rings. The third kappa shape index (κ3) is 5.36. The van der Waals surface area contributed by atoms with Gasteiger partial charge in [0.25, 0.3) is 0 Å². The fourth-order valence-electron chi connectivity index (χ4n) is 1.60. The van der Waals surface area contributed by atoms with Crippen LogP contribution in [0, 0.1) is 0 Å². The summed E-state index contributed by atoms with van der Waals surface area (Å²) >= 11 is 0. The van der Waals surface area contributed by atoms with Crippen LogP contribution in [0.4, 0.5) is 11.5 Å². The predicted molar refractivity (Wildman–Crippen MR) is 79.3 cm³/mol. The highest BCUT2D eigenvalue weighted by atomic mass is 16.3. The maximum atomic E-state index is 9.31. The van der Waals surface area contributed by atoms with E-state index in [2.05, 4.69) is 22.1 Å². The van der Waals surface area contributed by atoms with E-state index in [1.165, 1.54) is 0 Å². The maximum absolute atomic E-state index is 9.31. The average Bonchev–Trinajstić information content (AvgIpc) is 2.42. The summed E-state index contributed by atoms with van der Waals surface area (Å²) in [6.45, 7) is 9.61. The highest BCUT2D eigenvalue weighted by Gasteiger charge is 2.10. The monoisotopic (exact) mass is 253 g/mol. The van der Waals surface area contributed by atoms with E-state index < -0.39 is 0 Å². The molecule has 1 heterocycles. The largest absolute Gasteiger partial charge is 0.393 e. The van der Waals surface area contributed by atoms with Gasteiger partial charge in [0, 0.05) is 26.3 Å². The summed E-state index contributed by atoms with van der Waals surface area (Å²) in [7, 11) is 1.89. The Morgan fingerprint density at radius 3 is 2.61 bits per heavy atom. The molecule has 4 heteroatoms. The first-order chi connectivity index (χ1) is 8.69. The zero-order valence-electron chi connectivity index (χ0n) is 12.3. The van der Waals surface area contributed by atoms with Gasteiger partial charge in [-0.1, -0.05) is 13.8 Å². The second-order valence-corrected chi connectivity index (χ2v) is 3.84. The lowest BCUT2D eigenvalue weighted by Gasteiger charge is -2.24. The highest BCUT2D eigenvalue weighted by molar-refractivity contribution is 5.64. The summed E-state index contributed by atoms with van der Waals surface area (Å²) < 4.78 is 0. The first-order valence-corrected chi connectivity index (χ1v) is 6.74. The van der Waals surface area contributed by atoms with Crippen molar-refractivity contribution in [2.24, 2.45) is 0 Å². The number of aliphatic hydroxyl groups is 1. The Bertz CT molecular complexity index is 316. The van der Waals surface area contributed by atoms with Gasteiger partial charge in [0.15, 0.2) is 5.82 Å². The molecule has 18 heavy (non-hydrogen) atoms. The summed E-state index contributed by atoms with van der Waals surface area (Å²) in [5, 5.41) is 12.4. The molecule has 1 atom stereocenters. The van der Waals surface area contributed by atoms with Gasteiger partial charge in [-0.25, -0.2) is 4.98 Å². The minimum absolute atomic E-state index is 0.268.